The molecule has 0 spiro atoms. The summed E-state index contributed by atoms with van der Waals surface area (Å²) < 4.78 is 22.2. The number of nitrogens with zero attached hydrogens (tertiary/aromatic N) is 4. The Labute approximate surface area is 436 Å². The number of ether oxygens (including phenoxy) is 4. The summed E-state index contributed by atoms with van der Waals surface area (Å²) in [5.74, 6) is -4.66. The normalized spacial score (nSPS) is 16.2. The highest BCUT2D eigenvalue weighted by molar-refractivity contribution is 6.26. The molecule has 6 aromatic carbocycles. The lowest BCUT2D eigenvalue weighted by molar-refractivity contribution is -0.127. The average Bonchev–Trinajstić information content (AvgIpc) is 4.08. The van der Waals surface area contributed by atoms with Crippen LogP contribution in [0, 0.1) is 0 Å². The van der Waals surface area contributed by atoms with Crippen molar-refractivity contribution in [3.05, 3.63) is 189 Å². The van der Waals surface area contributed by atoms with Crippen molar-refractivity contribution in [2.75, 3.05) is 28.4 Å². The first kappa shape index (κ1) is 50.3. The van der Waals surface area contributed by atoms with Gasteiger partial charge in [-0.2, -0.15) is 0 Å². The van der Waals surface area contributed by atoms with E-state index in [9.17, 15) is 38.4 Å². The molecular formula is C59H50N4O13. The van der Waals surface area contributed by atoms with Crippen LogP contribution >= 0.6 is 0 Å². The lowest BCUT2D eigenvalue weighted by Gasteiger charge is -2.34. The second kappa shape index (κ2) is 20.6. The quantitative estimate of drug-likeness (QED) is 0.0661. The van der Waals surface area contributed by atoms with E-state index in [1.54, 1.807) is 109 Å². The number of carbonyl (C=O) groups excluding carboxylic acids is 9. The van der Waals surface area contributed by atoms with Crippen molar-refractivity contribution in [1.82, 2.24) is 19.6 Å². The number of hydrogen-bond acceptors (Lipinski definition) is 13. The Morgan fingerprint density at radius 3 is 0.842 bits per heavy atom. The Bertz CT molecular complexity index is 3080. The molecule has 6 aromatic rings. The maximum atomic E-state index is 15.9. The molecule has 17 nitrogen and oxygen atoms in total. The summed E-state index contributed by atoms with van der Waals surface area (Å²) in [5, 5.41) is 0. The molecule has 0 bridgehead atoms. The zero-order valence-corrected chi connectivity index (χ0v) is 41.8. The highest BCUT2D eigenvalue weighted by Gasteiger charge is 2.50. The molecule has 4 aliphatic heterocycles. The Morgan fingerprint density at radius 1 is 0.342 bits per heavy atom. The van der Waals surface area contributed by atoms with Gasteiger partial charge in [0.2, 0.25) is 0 Å². The number of imide groups is 4. The molecule has 8 amide bonds. The van der Waals surface area contributed by atoms with E-state index in [0.717, 1.165) is 19.6 Å². The van der Waals surface area contributed by atoms with E-state index < -0.39 is 77.2 Å². The minimum absolute atomic E-state index is 0.00614. The van der Waals surface area contributed by atoms with Gasteiger partial charge in [-0.15, -0.1) is 0 Å². The van der Waals surface area contributed by atoms with Crippen LogP contribution in [-0.2, 0) is 4.79 Å². The summed E-state index contributed by atoms with van der Waals surface area (Å²) in [5.41, 5.74) is 2.00. The highest BCUT2D eigenvalue weighted by atomic mass is 16.5. The van der Waals surface area contributed by atoms with Gasteiger partial charge in [-0.25, -0.2) is 0 Å². The molecule has 4 atom stereocenters. The van der Waals surface area contributed by atoms with Gasteiger partial charge in [-0.1, -0.05) is 60.7 Å². The van der Waals surface area contributed by atoms with Gasteiger partial charge >= 0.3 is 0 Å². The number of ketones is 1. The molecule has 2 unspecified atom stereocenters. The van der Waals surface area contributed by atoms with Crippen molar-refractivity contribution in [2.24, 2.45) is 0 Å². The molecule has 76 heavy (non-hydrogen) atoms. The Morgan fingerprint density at radius 2 is 0.592 bits per heavy atom. The monoisotopic (exact) mass is 1020 g/mol. The Kier molecular flexibility index (Phi) is 13.6. The summed E-state index contributed by atoms with van der Waals surface area (Å²) in [6.07, 6.45) is -0.434. The smallest absolute Gasteiger partial charge is 0.262 e. The predicted molar refractivity (Wildman–Crippen MR) is 273 cm³/mol. The number of amides is 8. The fourth-order valence-corrected chi connectivity index (χ4v) is 11.0. The van der Waals surface area contributed by atoms with Crippen molar-refractivity contribution in [3.8, 4) is 23.0 Å². The van der Waals surface area contributed by atoms with Crippen molar-refractivity contribution in [1.29, 1.82) is 0 Å². The summed E-state index contributed by atoms with van der Waals surface area (Å²) in [7, 11) is 5.83. The molecule has 0 radical (unpaired) electrons. The zero-order chi connectivity index (χ0) is 53.5. The maximum Gasteiger partial charge on any atom is 0.262 e. The largest absolute Gasteiger partial charge is 0.493 e. The lowest BCUT2D eigenvalue weighted by atomic mass is 9.90. The van der Waals surface area contributed by atoms with E-state index in [1.165, 1.54) is 52.7 Å². The number of benzene rings is 6. The third-order valence-electron chi connectivity index (χ3n) is 14.7. The van der Waals surface area contributed by atoms with Gasteiger partial charge in [0.05, 0.1) is 85.0 Å². The van der Waals surface area contributed by atoms with E-state index in [-0.39, 0.29) is 83.0 Å². The minimum atomic E-state index is -1.60. The maximum absolute atomic E-state index is 15.9. The van der Waals surface area contributed by atoms with Gasteiger partial charge in [0.25, 0.3) is 47.3 Å². The molecule has 10 rings (SSSR count). The third-order valence-corrected chi connectivity index (χ3v) is 14.7. The van der Waals surface area contributed by atoms with Crippen molar-refractivity contribution in [2.45, 2.75) is 62.7 Å². The standard InChI is InChI=1S/C59H50N4O13/c1-73-47-29-27-33(31-49(47)75-3)43(60-52(65)35-15-5-6-16-36(35)53(60)66)23-13-25-45(62-56(69)39-19-9-10-20-40(39)57(62)70)51(64)46(63-58(71)41-21-11-12-22-42(41)59(63)72)26-14-24-44(34-28-30-48(74-2)50(32-34)76-4)61-54(67)37-17-7-8-18-38(37)55(61)68/h5-12,15-22,27-32,43-46H,13-14,23-26H2,1-4H3/t43?,44?,45-,46-/m0/s1. The molecule has 384 valence electrons. The van der Waals surface area contributed by atoms with E-state index in [2.05, 4.69) is 0 Å². The van der Waals surface area contributed by atoms with Crippen LogP contribution in [0.1, 0.15) is 145 Å². The average molecular weight is 1020 g/mol. The van der Waals surface area contributed by atoms with Gasteiger partial charge in [-0.3, -0.25) is 62.8 Å². The van der Waals surface area contributed by atoms with Gasteiger partial charge in [-0.05, 0) is 122 Å². The molecule has 0 N–H and O–H groups in total. The first-order valence-corrected chi connectivity index (χ1v) is 24.7. The molecule has 4 heterocycles. The highest BCUT2D eigenvalue weighted by Crippen LogP contribution is 2.42. The summed E-state index contributed by atoms with van der Waals surface area (Å²) in [4.78, 5) is 135. The summed E-state index contributed by atoms with van der Waals surface area (Å²) >= 11 is 0. The third kappa shape index (κ3) is 8.42. The van der Waals surface area contributed by atoms with Crippen LogP contribution in [0.3, 0.4) is 0 Å². The van der Waals surface area contributed by atoms with Crippen LogP contribution < -0.4 is 18.9 Å². The van der Waals surface area contributed by atoms with Crippen LogP contribution in [0.4, 0.5) is 0 Å². The topological polar surface area (TPSA) is 204 Å². The Balaban J connectivity index is 1.03. The molecule has 0 saturated heterocycles. The first-order valence-electron chi connectivity index (χ1n) is 24.7. The van der Waals surface area contributed by atoms with Crippen molar-refractivity contribution < 1.29 is 62.1 Å². The molecule has 4 aliphatic rings. The van der Waals surface area contributed by atoms with E-state index >= 15 is 4.79 Å². The van der Waals surface area contributed by atoms with Gasteiger partial charge in [0.1, 0.15) is 12.1 Å². The minimum Gasteiger partial charge on any atom is -0.493 e. The van der Waals surface area contributed by atoms with Crippen molar-refractivity contribution in [3.63, 3.8) is 0 Å². The van der Waals surface area contributed by atoms with Crippen LogP contribution in [0.2, 0.25) is 0 Å². The number of fused-ring (bicyclic) bond motifs is 4. The van der Waals surface area contributed by atoms with Crippen LogP contribution in [0.25, 0.3) is 0 Å². The number of methoxy groups -OCH3 is 4. The van der Waals surface area contributed by atoms with E-state index in [0.29, 0.717) is 34.1 Å². The second-order valence-corrected chi connectivity index (χ2v) is 18.7. The molecule has 0 saturated carbocycles. The first-order chi connectivity index (χ1) is 36.8. The van der Waals surface area contributed by atoms with Crippen LogP contribution in [0.5, 0.6) is 23.0 Å². The SMILES string of the molecule is COc1ccc(C(CCC[C@@H](C(=O)[C@H](CCCC(c2ccc(OC)c(OC)c2)N2C(=O)c3ccccc3C2=O)N2C(=O)c3ccccc3C2=O)N2C(=O)c3ccccc3C2=O)N2C(=O)c3ccccc3C2=O)cc1OC. The predicted octanol–water partition coefficient (Wildman–Crippen LogP) is 8.34. The Hall–Kier alpha value is -9.25. The van der Waals surface area contributed by atoms with Gasteiger partial charge in [0, 0.05) is 0 Å². The fraction of sp³-hybridized carbons (Fsp3) is 0.237. The molecule has 17 heteroatoms. The summed E-state index contributed by atoms with van der Waals surface area (Å²) in [6, 6.07) is 29.9. The lowest BCUT2D eigenvalue weighted by Crippen LogP contribution is -2.54. The number of Topliss-reactive ketones (excluding diaryl/α,β-unsaturated/α-hetero) is 1. The molecule has 0 aromatic heterocycles. The number of carbonyl (C=O) groups is 9. The molecular weight excluding hydrogens is 973 g/mol. The van der Waals surface area contributed by atoms with Crippen LogP contribution in [-0.4, -0.2) is 113 Å². The number of rotatable bonds is 20. The number of hydrogen-bond donors (Lipinski definition) is 0. The zero-order valence-electron chi connectivity index (χ0n) is 41.8. The van der Waals surface area contributed by atoms with Gasteiger partial charge < -0.3 is 18.9 Å². The second-order valence-electron chi connectivity index (χ2n) is 18.7. The summed E-state index contributed by atoms with van der Waals surface area (Å²) in [6.45, 7) is 0. The molecule has 0 fully saturated rings. The van der Waals surface area contributed by atoms with Crippen molar-refractivity contribution >= 4 is 53.0 Å². The van der Waals surface area contributed by atoms with E-state index in [1.807, 2.05) is 0 Å². The fourth-order valence-electron chi connectivity index (χ4n) is 11.0. The van der Waals surface area contributed by atoms with Crippen LogP contribution in [0.15, 0.2) is 133 Å². The molecule has 0 aliphatic carbocycles. The van der Waals surface area contributed by atoms with Gasteiger partial charge in [0.15, 0.2) is 28.8 Å². The van der Waals surface area contributed by atoms with E-state index in [4.69, 9.17) is 18.9 Å².